The van der Waals surface area contributed by atoms with E-state index in [1.54, 1.807) is 7.11 Å². The average molecular weight is 286 g/mol. The highest BCUT2D eigenvalue weighted by molar-refractivity contribution is 5.86. The van der Waals surface area contributed by atoms with Gasteiger partial charge in [0.15, 0.2) is 5.78 Å². The number of nitrogens with zero attached hydrogens (tertiary/aromatic N) is 2. The quantitative estimate of drug-likeness (QED) is 0.784. The minimum atomic E-state index is -0.528. The van der Waals surface area contributed by atoms with Crippen molar-refractivity contribution in [2.45, 2.75) is 38.8 Å². The molecule has 1 aromatic heterocycles. The summed E-state index contributed by atoms with van der Waals surface area (Å²) in [5, 5.41) is 4.47. The Morgan fingerprint density at radius 1 is 1.29 bits per heavy atom. The van der Waals surface area contributed by atoms with E-state index in [-0.39, 0.29) is 12.2 Å². The van der Waals surface area contributed by atoms with Crippen LogP contribution in [-0.4, -0.2) is 22.7 Å². The molecule has 4 heteroatoms. The van der Waals surface area contributed by atoms with E-state index in [4.69, 9.17) is 4.74 Å². The molecular formula is C17H22N2O2. The molecule has 0 aliphatic heterocycles. The molecule has 0 fully saturated rings. The molecule has 0 saturated carbocycles. The van der Waals surface area contributed by atoms with Gasteiger partial charge in [-0.3, -0.25) is 9.48 Å². The molecule has 1 aromatic carbocycles. The Hall–Kier alpha value is -1.94. The van der Waals surface area contributed by atoms with Crippen LogP contribution in [0.4, 0.5) is 0 Å². The maximum Gasteiger partial charge on any atom is 0.172 e. The highest BCUT2D eigenvalue weighted by Crippen LogP contribution is 2.19. The molecule has 0 spiro atoms. The van der Waals surface area contributed by atoms with Gasteiger partial charge in [0.2, 0.25) is 0 Å². The number of hydrogen-bond donors (Lipinski definition) is 0. The van der Waals surface area contributed by atoms with Crippen LogP contribution in [0, 0.1) is 0 Å². The molecule has 2 aromatic rings. The second kappa shape index (κ2) is 7.18. The smallest absolute Gasteiger partial charge is 0.172 e. The van der Waals surface area contributed by atoms with Gasteiger partial charge in [0.1, 0.15) is 6.10 Å². The number of ether oxygens (including phenoxy) is 1. The van der Waals surface area contributed by atoms with Crippen molar-refractivity contribution >= 4 is 5.78 Å². The van der Waals surface area contributed by atoms with E-state index < -0.39 is 6.10 Å². The van der Waals surface area contributed by atoms with Gasteiger partial charge >= 0.3 is 0 Å². The summed E-state index contributed by atoms with van der Waals surface area (Å²) < 4.78 is 7.27. The number of carbonyl (C=O) groups excluding carboxylic acids is 1. The minimum absolute atomic E-state index is 0.0260. The lowest BCUT2D eigenvalue weighted by Crippen LogP contribution is -2.17. The van der Waals surface area contributed by atoms with Crippen molar-refractivity contribution in [3.8, 4) is 0 Å². The first-order chi connectivity index (χ1) is 10.2. The van der Waals surface area contributed by atoms with Crippen molar-refractivity contribution in [1.29, 1.82) is 0 Å². The Morgan fingerprint density at radius 3 is 2.62 bits per heavy atom. The van der Waals surface area contributed by atoms with Gasteiger partial charge in [-0.2, -0.15) is 5.10 Å². The maximum atomic E-state index is 12.4. The van der Waals surface area contributed by atoms with Gasteiger partial charge in [-0.1, -0.05) is 37.3 Å². The summed E-state index contributed by atoms with van der Waals surface area (Å²) in [5.41, 5.74) is 1.67. The third kappa shape index (κ3) is 3.79. The van der Waals surface area contributed by atoms with Crippen molar-refractivity contribution in [3.63, 3.8) is 0 Å². The van der Waals surface area contributed by atoms with Crippen LogP contribution in [0.2, 0.25) is 0 Å². The fourth-order valence-electron chi connectivity index (χ4n) is 2.26. The monoisotopic (exact) mass is 286 g/mol. The van der Waals surface area contributed by atoms with E-state index in [9.17, 15) is 4.79 Å². The topological polar surface area (TPSA) is 44.1 Å². The standard InChI is InChI=1S/C17H22N2O2/c1-4-13(2)19-11-10-15(18-19)12-16(20)17(21-3)14-8-6-5-7-9-14/h5-11,13,17H,4,12H2,1-3H3. The molecule has 2 rings (SSSR count). The van der Waals surface area contributed by atoms with Crippen LogP contribution in [0.3, 0.4) is 0 Å². The van der Waals surface area contributed by atoms with E-state index in [2.05, 4.69) is 18.9 Å². The van der Waals surface area contributed by atoms with Crippen molar-refractivity contribution in [2.24, 2.45) is 0 Å². The number of benzene rings is 1. The Bertz CT molecular complexity index is 577. The van der Waals surface area contributed by atoms with E-state index >= 15 is 0 Å². The molecule has 4 nitrogen and oxygen atoms in total. The first-order valence-electron chi connectivity index (χ1n) is 7.30. The molecule has 0 radical (unpaired) electrons. The Balaban J connectivity index is 2.08. The van der Waals surface area contributed by atoms with Crippen LogP contribution in [0.25, 0.3) is 0 Å². The molecule has 2 atom stereocenters. The van der Waals surface area contributed by atoms with Gasteiger partial charge in [-0.15, -0.1) is 0 Å². The van der Waals surface area contributed by atoms with Crippen molar-refractivity contribution in [2.75, 3.05) is 7.11 Å². The minimum Gasteiger partial charge on any atom is -0.369 e. The SMILES string of the molecule is CCC(C)n1ccc(CC(=O)C(OC)c2ccccc2)n1. The summed E-state index contributed by atoms with van der Waals surface area (Å²) in [5.74, 6) is 0.0260. The number of hydrogen-bond acceptors (Lipinski definition) is 3. The van der Waals surface area contributed by atoms with Crippen LogP contribution >= 0.6 is 0 Å². The van der Waals surface area contributed by atoms with Gasteiger partial charge in [0, 0.05) is 19.3 Å². The van der Waals surface area contributed by atoms with Crippen molar-refractivity contribution < 1.29 is 9.53 Å². The molecule has 21 heavy (non-hydrogen) atoms. The lowest BCUT2D eigenvalue weighted by molar-refractivity contribution is -0.128. The van der Waals surface area contributed by atoms with Gasteiger partial charge in [-0.05, 0) is 25.0 Å². The van der Waals surface area contributed by atoms with Crippen LogP contribution in [0.15, 0.2) is 42.6 Å². The number of rotatable bonds is 7. The lowest BCUT2D eigenvalue weighted by Gasteiger charge is -2.14. The van der Waals surface area contributed by atoms with Gasteiger partial charge in [-0.25, -0.2) is 0 Å². The summed E-state index contributed by atoms with van der Waals surface area (Å²) >= 11 is 0. The molecule has 0 aliphatic rings. The molecule has 0 N–H and O–H groups in total. The summed E-state index contributed by atoms with van der Waals surface area (Å²) in [6, 6.07) is 11.8. The number of carbonyl (C=O) groups is 1. The first kappa shape index (κ1) is 15.4. The summed E-state index contributed by atoms with van der Waals surface area (Å²) in [4.78, 5) is 12.4. The second-order valence-electron chi connectivity index (χ2n) is 5.21. The van der Waals surface area contributed by atoms with Gasteiger partial charge in [0.05, 0.1) is 12.1 Å². The third-order valence-electron chi connectivity index (χ3n) is 3.69. The zero-order valence-electron chi connectivity index (χ0n) is 12.8. The normalized spacial score (nSPS) is 13.9. The number of aromatic nitrogens is 2. The maximum absolute atomic E-state index is 12.4. The van der Waals surface area contributed by atoms with Crippen LogP contribution in [-0.2, 0) is 16.0 Å². The predicted octanol–water partition coefficient (Wildman–Crippen LogP) is 3.35. The van der Waals surface area contributed by atoms with Gasteiger partial charge < -0.3 is 4.74 Å². The number of ketones is 1. The molecular weight excluding hydrogens is 264 g/mol. The zero-order chi connectivity index (χ0) is 15.2. The highest BCUT2D eigenvalue weighted by Gasteiger charge is 2.21. The van der Waals surface area contributed by atoms with E-state index in [0.29, 0.717) is 6.04 Å². The molecule has 0 amide bonds. The van der Waals surface area contributed by atoms with Crippen LogP contribution < -0.4 is 0 Å². The molecule has 2 unspecified atom stereocenters. The predicted molar refractivity (Wildman–Crippen MR) is 82.1 cm³/mol. The Morgan fingerprint density at radius 2 is 2.00 bits per heavy atom. The van der Waals surface area contributed by atoms with E-state index in [1.807, 2.05) is 47.3 Å². The van der Waals surface area contributed by atoms with E-state index in [1.165, 1.54) is 0 Å². The average Bonchev–Trinajstić information content (AvgIpc) is 2.96. The molecule has 1 heterocycles. The number of methoxy groups -OCH3 is 1. The molecule has 0 aliphatic carbocycles. The lowest BCUT2D eigenvalue weighted by atomic mass is 10.0. The summed E-state index contributed by atoms with van der Waals surface area (Å²) in [6.45, 7) is 4.23. The third-order valence-corrected chi connectivity index (χ3v) is 3.69. The first-order valence-corrected chi connectivity index (χ1v) is 7.30. The Kier molecular flexibility index (Phi) is 5.28. The second-order valence-corrected chi connectivity index (χ2v) is 5.21. The summed E-state index contributed by atoms with van der Waals surface area (Å²) in [7, 11) is 1.56. The van der Waals surface area contributed by atoms with Crippen LogP contribution in [0.1, 0.15) is 43.7 Å². The summed E-state index contributed by atoms with van der Waals surface area (Å²) in [6.07, 6.45) is 2.71. The Labute approximate surface area is 125 Å². The van der Waals surface area contributed by atoms with Crippen LogP contribution in [0.5, 0.6) is 0 Å². The molecule has 0 bridgehead atoms. The van der Waals surface area contributed by atoms with Gasteiger partial charge in [0.25, 0.3) is 0 Å². The fraction of sp³-hybridized carbons (Fsp3) is 0.412. The van der Waals surface area contributed by atoms with Crippen molar-refractivity contribution in [3.05, 3.63) is 53.9 Å². The van der Waals surface area contributed by atoms with Crippen molar-refractivity contribution in [1.82, 2.24) is 9.78 Å². The largest absolute Gasteiger partial charge is 0.369 e. The molecule has 0 saturated heterocycles. The highest BCUT2D eigenvalue weighted by atomic mass is 16.5. The number of Topliss-reactive ketones (excluding diaryl/α,β-unsaturated/α-hetero) is 1. The van der Waals surface area contributed by atoms with E-state index in [0.717, 1.165) is 17.7 Å². The zero-order valence-corrected chi connectivity index (χ0v) is 12.8. The molecule has 112 valence electrons. The fourth-order valence-corrected chi connectivity index (χ4v) is 2.26.